The second kappa shape index (κ2) is 16.9. The molecule has 10 heteroatoms. The third-order valence-corrected chi connectivity index (χ3v) is 8.55. The Morgan fingerprint density at radius 3 is 2.00 bits per heavy atom. The van der Waals surface area contributed by atoms with Gasteiger partial charge in [0.05, 0.1) is 32.5 Å². The number of epoxide rings is 2. The van der Waals surface area contributed by atoms with Gasteiger partial charge in [0, 0.05) is 40.1 Å². The second-order valence-corrected chi connectivity index (χ2v) is 11.1. The molecule has 0 aromatic carbocycles. The fraction of sp³-hybridized carbons (Fsp3) is 1.00. The molecule has 0 spiro atoms. The van der Waals surface area contributed by atoms with Crippen molar-refractivity contribution in [1.82, 2.24) is 0 Å². The lowest BCUT2D eigenvalue weighted by atomic mass is 10.4. The molecule has 2 heterocycles. The van der Waals surface area contributed by atoms with Gasteiger partial charge in [0.15, 0.2) is 0 Å². The molecule has 0 aromatic heterocycles. The van der Waals surface area contributed by atoms with E-state index in [1.54, 1.807) is 14.2 Å². The highest BCUT2D eigenvalue weighted by molar-refractivity contribution is 6.44. The first-order valence-corrected chi connectivity index (χ1v) is 13.9. The minimum atomic E-state index is -1.50. The van der Waals surface area contributed by atoms with Crippen molar-refractivity contribution >= 4 is 18.6 Å². The molecule has 0 radical (unpaired) electrons. The Hall–Kier alpha value is 0.114. The summed E-state index contributed by atoms with van der Waals surface area (Å²) in [6.45, 7) is 11.5. The molecule has 8 nitrogen and oxygen atoms in total. The molecule has 2 aliphatic rings. The molecule has 2 rings (SSSR count). The van der Waals surface area contributed by atoms with E-state index >= 15 is 0 Å². The van der Waals surface area contributed by atoms with Crippen LogP contribution in [-0.2, 0) is 36.7 Å². The van der Waals surface area contributed by atoms with Gasteiger partial charge < -0.3 is 36.7 Å². The minimum absolute atomic E-state index is 0.212. The minimum Gasteiger partial charge on any atom is -0.400 e. The van der Waals surface area contributed by atoms with Crippen LogP contribution in [0.1, 0.15) is 27.2 Å². The Bertz CT molecular complexity index is 348. The molecule has 2 aliphatic heterocycles. The van der Waals surface area contributed by atoms with Crippen LogP contribution in [-0.4, -0.2) is 97.3 Å². The first-order valence-electron chi connectivity index (χ1n) is 10.3. The average Bonchev–Trinajstić information content (AvgIpc) is 3.59. The van der Waals surface area contributed by atoms with E-state index in [-0.39, 0.29) is 6.10 Å². The molecule has 0 aliphatic carbocycles. The third kappa shape index (κ3) is 15.0. The van der Waals surface area contributed by atoms with Gasteiger partial charge in [0.2, 0.25) is 0 Å². The summed E-state index contributed by atoms with van der Waals surface area (Å²) < 4.78 is 42.6. The van der Waals surface area contributed by atoms with Crippen molar-refractivity contribution in [3.05, 3.63) is 0 Å². The van der Waals surface area contributed by atoms with Crippen LogP contribution in [0.25, 0.3) is 0 Å². The fourth-order valence-electron chi connectivity index (χ4n) is 2.39. The van der Waals surface area contributed by atoms with Crippen LogP contribution in [0.15, 0.2) is 0 Å². The molecule has 0 amide bonds. The summed E-state index contributed by atoms with van der Waals surface area (Å²) in [6.07, 6.45) is 1.94. The largest absolute Gasteiger partial charge is 0.400 e. The van der Waals surface area contributed by atoms with E-state index in [1.165, 1.54) is 0 Å². The predicted molar refractivity (Wildman–Crippen MR) is 112 cm³/mol. The van der Waals surface area contributed by atoms with E-state index in [9.17, 15) is 0 Å². The third-order valence-electron chi connectivity index (χ3n) is 4.16. The number of rotatable bonds is 17. The lowest BCUT2D eigenvalue weighted by Gasteiger charge is -2.19. The van der Waals surface area contributed by atoms with Crippen molar-refractivity contribution in [1.29, 1.82) is 0 Å². The molecule has 2 fully saturated rings. The smallest absolute Gasteiger partial charge is 0.324 e. The van der Waals surface area contributed by atoms with Gasteiger partial charge in [-0.1, -0.05) is 0 Å². The first-order chi connectivity index (χ1) is 13.6. The number of ether oxygens (including phenoxy) is 4. The van der Waals surface area contributed by atoms with E-state index in [1.807, 2.05) is 13.8 Å². The molecule has 3 unspecified atom stereocenters. The maximum Gasteiger partial charge on any atom is 0.324 e. The molecular formula is C18H40O8Si2. The van der Waals surface area contributed by atoms with Gasteiger partial charge in [-0.3, -0.25) is 0 Å². The van der Waals surface area contributed by atoms with E-state index in [2.05, 4.69) is 6.92 Å². The van der Waals surface area contributed by atoms with Crippen molar-refractivity contribution < 1.29 is 36.7 Å². The summed E-state index contributed by atoms with van der Waals surface area (Å²) in [4.78, 5) is 0. The van der Waals surface area contributed by atoms with Gasteiger partial charge in [-0.05, 0) is 33.2 Å². The standard InChI is InChI=1S/C10H22O4Si.C8H18O4Si/c1-4-13-15(14-5-2)8-9(3)11-6-10-7-12-10;1-9-13(10-2)5-3-4-11-6-8-7-12-8/h9-10,15H,4-8H2,1-3H3;8,13H,3-7H2,1-2H3. The van der Waals surface area contributed by atoms with Crippen LogP contribution in [0.3, 0.4) is 0 Å². The Labute approximate surface area is 173 Å². The molecule has 0 saturated carbocycles. The lowest BCUT2D eigenvalue weighted by Crippen LogP contribution is -2.28. The van der Waals surface area contributed by atoms with Gasteiger partial charge in [0.1, 0.15) is 12.2 Å². The van der Waals surface area contributed by atoms with Gasteiger partial charge >= 0.3 is 18.6 Å². The second-order valence-electron chi connectivity index (χ2n) is 6.75. The molecule has 2 saturated heterocycles. The summed E-state index contributed by atoms with van der Waals surface area (Å²) in [6, 6.07) is 1.92. The SMILES string of the molecule is CCO[SiH](CC(C)OCC1CO1)OCC.CO[SiH](CCCOCC1CO1)OC. The number of hydrogen-bond acceptors (Lipinski definition) is 8. The van der Waals surface area contributed by atoms with Crippen molar-refractivity contribution in [2.24, 2.45) is 0 Å². The number of hydrogen-bond donors (Lipinski definition) is 0. The average molecular weight is 441 g/mol. The van der Waals surface area contributed by atoms with Crippen molar-refractivity contribution in [3.8, 4) is 0 Å². The van der Waals surface area contributed by atoms with E-state index < -0.39 is 18.6 Å². The Morgan fingerprint density at radius 1 is 0.929 bits per heavy atom. The lowest BCUT2D eigenvalue weighted by molar-refractivity contribution is 0.0587. The summed E-state index contributed by atoms with van der Waals surface area (Å²) in [5.41, 5.74) is 0. The van der Waals surface area contributed by atoms with Crippen LogP contribution in [0.2, 0.25) is 12.1 Å². The molecule has 28 heavy (non-hydrogen) atoms. The van der Waals surface area contributed by atoms with E-state index in [0.29, 0.717) is 18.8 Å². The first kappa shape index (κ1) is 26.1. The fourth-order valence-corrected chi connectivity index (χ4v) is 5.35. The molecule has 0 bridgehead atoms. The van der Waals surface area contributed by atoms with Crippen molar-refractivity contribution in [2.75, 3.05) is 60.5 Å². The van der Waals surface area contributed by atoms with E-state index in [0.717, 1.165) is 58.2 Å². The normalized spacial score (nSPS) is 21.5. The van der Waals surface area contributed by atoms with Crippen LogP contribution >= 0.6 is 0 Å². The zero-order valence-corrected chi connectivity index (χ0v) is 20.5. The molecule has 0 aromatic rings. The van der Waals surface area contributed by atoms with Crippen LogP contribution in [0.4, 0.5) is 0 Å². The summed E-state index contributed by atoms with van der Waals surface area (Å²) in [5, 5.41) is 0. The van der Waals surface area contributed by atoms with Gasteiger partial charge in [-0.15, -0.1) is 0 Å². The zero-order chi connectivity index (χ0) is 20.6. The maximum absolute atomic E-state index is 5.64. The van der Waals surface area contributed by atoms with Gasteiger partial charge in [-0.25, -0.2) is 0 Å². The quantitative estimate of drug-likeness (QED) is 0.191. The summed E-state index contributed by atoms with van der Waals surface area (Å²) in [5.74, 6) is 0. The Balaban J connectivity index is 0.000000283. The summed E-state index contributed by atoms with van der Waals surface area (Å²) in [7, 11) is 0.560. The molecule has 3 atom stereocenters. The molecular weight excluding hydrogens is 400 g/mol. The Morgan fingerprint density at radius 2 is 1.50 bits per heavy atom. The highest BCUT2D eigenvalue weighted by Gasteiger charge is 2.25. The monoisotopic (exact) mass is 440 g/mol. The zero-order valence-electron chi connectivity index (χ0n) is 18.2. The Kier molecular flexibility index (Phi) is 15.7. The molecule has 0 N–H and O–H groups in total. The van der Waals surface area contributed by atoms with Crippen molar-refractivity contribution in [3.63, 3.8) is 0 Å². The van der Waals surface area contributed by atoms with Crippen LogP contribution in [0, 0.1) is 0 Å². The highest BCUT2D eigenvalue weighted by atomic mass is 28.3. The van der Waals surface area contributed by atoms with Gasteiger partial charge in [0.25, 0.3) is 0 Å². The topological polar surface area (TPSA) is 80.4 Å². The van der Waals surface area contributed by atoms with E-state index in [4.69, 9.17) is 36.7 Å². The molecule has 168 valence electrons. The van der Waals surface area contributed by atoms with Crippen LogP contribution < -0.4 is 0 Å². The predicted octanol–water partition coefficient (Wildman–Crippen LogP) is 1.39. The van der Waals surface area contributed by atoms with Crippen molar-refractivity contribution in [2.45, 2.75) is 57.6 Å². The highest BCUT2D eigenvalue weighted by Crippen LogP contribution is 2.12. The summed E-state index contributed by atoms with van der Waals surface area (Å²) >= 11 is 0. The maximum atomic E-state index is 5.64. The van der Waals surface area contributed by atoms with Gasteiger partial charge in [-0.2, -0.15) is 0 Å². The van der Waals surface area contributed by atoms with Crippen LogP contribution in [0.5, 0.6) is 0 Å².